The highest BCUT2D eigenvalue weighted by Gasteiger charge is 2.16. The van der Waals surface area contributed by atoms with E-state index in [0.29, 0.717) is 12.2 Å². The number of hydrogen-bond acceptors (Lipinski definition) is 4. The molecule has 0 heterocycles. The molecule has 0 bridgehead atoms. The van der Waals surface area contributed by atoms with Crippen molar-refractivity contribution in [3.05, 3.63) is 28.3 Å². The second kappa shape index (κ2) is 8.14. The Bertz CT molecular complexity index is 474. The predicted octanol–water partition coefficient (Wildman–Crippen LogP) is 3.51. The molecule has 0 unspecified atom stereocenters. The van der Waals surface area contributed by atoms with Gasteiger partial charge in [0.15, 0.2) is 0 Å². The molecule has 0 aliphatic carbocycles. The number of benzene rings is 1. The van der Waals surface area contributed by atoms with Crippen molar-refractivity contribution in [2.75, 3.05) is 12.4 Å². The molecule has 6 nitrogen and oxygen atoms in total. The highest BCUT2D eigenvalue weighted by molar-refractivity contribution is 5.93. The van der Waals surface area contributed by atoms with Gasteiger partial charge in [0.2, 0.25) is 5.91 Å². The molecule has 0 spiro atoms. The summed E-state index contributed by atoms with van der Waals surface area (Å²) in [4.78, 5) is 22.2. The van der Waals surface area contributed by atoms with E-state index in [0.717, 1.165) is 25.7 Å². The van der Waals surface area contributed by atoms with E-state index in [1.54, 1.807) is 6.07 Å². The monoisotopic (exact) mass is 280 g/mol. The number of methoxy groups -OCH3 is 1. The van der Waals surface area contributed by atoms with Crippen LogP contribution in [0.1, 0.15) is 39.0 Å². The number of anilines is 1. The summed E-state index contributed by atoms with van der Waals surface area (Å²) in [6, 6.07) is 4.37. The Balaban J connectivity index is 2.66. The van der Waals surface area contributed by atoms with Gasteiger partial charge in [-0.3, -0.25) is 14.9 Å². The molecule has 1 amide bonds. The Morgan fingerprint density at radius 1 is 1.35 bits per heavy atom. The van der Waals surface area contributed by atoms with E-state index in [-0.39, 0.29) is 17.3 Å². The molecule has 6 heteroatoms. The Kier molecular flexibility index (Phi) is 6.49. The van der Waals surface area contributed by atoms with Crippen molar-refractivity contribution < 1.29 is 14.5 Å². The first-order chi connectivity index (χ1) is 9.58. The summed E-state index contributed by atoms with van der Waals surface area (Å²) in [6.07, 6.45) is 4.36. The van der Waals surface area contributed by atoms with Gasteiger partial charge in [-0.2, -0.15) is 0 Å². The number of hydrogen-bond donors (Lipinski definition) is 1. The van der Waals surface area contributed by atoms with Crippen LogP contribution in [-0.2, 0) is 4.79 Å². The van der Waals surface area contributed by atoms with Crippen LogP contribution in [0.4, 0.5) is 11.4 Å². The SMILES string of the molecule is CCCCCCC(=O)Nc1ccc(OC)cc1[N+](=O)[O-]. The minimum atomic E-state index is -0.533. The third-order valence-electron chi connectivity index (χ3n) is 2.93. The van der Waals surface area contributed by atoms with Gasteiger partial charge in [-0.1, -0.05) is 26.2 Å². The number of ether oxygens (including phenoxy) is 1. The lowest BCUT2D eigenvalue weighted by molar-refractivity contribution is -0.384. The third kappa shape index (κ3) is 4.87. The Morgan fingerprint density at radius 2 is 2.10 bits per heavy atom. The Hall–Kier alpha value is -2.11. The van der Waals surface area contributed by atoms with E-state index in [9.17, 15) is 14.9 Å². The molecule has 110 valence electrons. The van der Waals surface area contributed by atoms with Crippen molar-refractivity contribution in [1.82, 2.24) is 0 Å². The molecule has 1 aromatic carbocycles. The summed E-state index contributed by atoms with van der Waals surface area (Å²) >= 11 is 0. The van der Waals surface area contributed by atoms with Gasteiger partial charge in [-0.05, 0) is 18.6 Å². The zero-order valence-electron chi connectivity index (χ0n) is 11.8. The smallest absolute Gasteiger partial charge is 0.296 e. The maximum atomic E-state index is 11.7. The molecule has 0 aliphatic rings. The van der Waals surface area contributed by atoms with Gasteiger partial charge in [-0.25, -0.2) is 0 Å². The summed E-state index contributed by atoms with van der Waals surface area (Å²) in [5, 5.41) is 13.6. The van der Waals surface area contributed by atoms with E-state index in [4.69, 9.17) is 4.74 Å². The standard InChI is InChI=1S/C14H20N2O4/c1-3-4-5-6-7-14(17)15-12-9-8-11(20-2)10-13(12)16(18)19/h8-10H,3-7H2,1-2H3,(H,15,17). The van der Waals surface area contributed by atoms with Gasteiger partial charge in [0.05, 0.1) is 18.1 Å². The number of nitro benzene ring substituents is 1. The van der Waals surface area contributed by atoms with E-state index in [1.165, 1.54) is 19.2 Å². The van der Waals surface area contributed by atoms with Crippen LogP contribution in [0.3, 0.4) is 0 Å². The topological polar surface area (TPSA) is 81.5 Å². The zero-order valence-corrected chi connectivity index (χ0v) is 11.8. The van der Waals surface area contributed by atoms with Crippen LogP contribution in [0.15, 0.2) is 18.2 Å². The van der Waals surface area contributed by atoms with Gasteiger partial charge >= 0.3 is 0 Å². The van der Waals surface area contributed by atoms with Crippen molar-refractivity contribution in [3.63, 3.8) is 0 Å². The van der Waals surface area contributed by atoms with Gasteiger partial charge in [0.1, 0.15) is 11.4 Å². The number of carbonyl (C=O) groups is 1. The van der Waals surface area contributed by atoms with E-state index in [2.05, 4.69) is 12.2 Å². The molecule has 20 heavy (non-hydrogen) atoms. The van der Waals surface area contributed by atoms with E-state index in [1.807, 2.05) is 0 Å². The summed E-state index contributed by atoms with van der Waals surface area (Å²) in [5.41, 5.74) is 0.0440. The molecule has 0 aliphatic heterocycles. The van der Waals surface area contributed by atoms with Gasteiger partial charge in [0.25, 0.3) is 5.69 Å². The average Bonchev–Trinajstić information content (AvgIpc) is 2.43. The molecule has 0 saturated heterocycles. The number of carbonyl (C=O) groups excluding carboxylic acids is 1. The van der Waals surface area contributed by atoms with Gasteiger partial charge < -0.3 is 10.1 Å². The lowest BCUT2D eigenvalue weighted by Crippen LogP contribution is -2.12. The number of nitrogens with one attached hydrogen (secondary N) is 1. The maximum absolute atomic E-state index is 11.7. The van der Waals surface area contributed by atoms with Crippen LogP contribution >= 0.6 is 0 Å². The van der Waals surface area contributed by atoms with Crippen LogP contribution in [-0.4, -0.2) is 17.9 Å². The highest BCUT2D eigenvalue weighted by Crippen LogP contribution is 2.29. The summed E-state index contributed by atoms with van der Waals surface area (Å²) < 4.78 is 4.94. The minimum Gasteiger partial charge on any atom is -0.496 e. The van der Waals surface area contributed by atoms with Crippen molar-refractivity contribution in [3.8, 4) is 5.75 Å². The second-order valence-corrected chi connectivity index (χ2v) is 4.50. The molecular formula is C14H20N2O4. The summed E-state index contributed by atoms with van der Waals surface area (Å²) in [5.74, 6) is 0.187. The van der Waals surface area contributed by atoms with Crippen molar-refractivity contribution in [1.29, 1.82) is 0 Å². The molecule has 0 radical (unpaired) electrons. The van der Waals surface area contributed by atoms with Crippen LogP contribution in [0.5, 0.6) is 5.75 Å². The largest absolute Gasteiger partial charge is 0.496 e. The molecule has 1 aromatic rings. The molecule has 0 atom stereocenters. The lowest BCUT2D eigenvalue weighted by atomic mass is 10.1. The predicted molar refractivity (Wildman–Crippen MR) is 77.0 cm³/mol. The summed E-state index contributed by atoms with van der Waals surface area (Å²) in [6.45, 7) is 2.10. The molecule has 1 N–H and O–H groups in total. The normalized spacial score (nSPS) is 10.1. The average molecular weight is 280 g/mol. The number of rotatable bonds is 8. The maximum Gasteiger partial charge on any atom is 0.296 e. The third-order valence-corrected chi connectivity index (χ3v) is 2.93. The second-order valence-electron chi connectivity index (χ2n) is 4.50. The number of amides is 1. The quantitative estimate of drug-likeness (QED) is 0.449. The van der Waals surface area contributed by atoms with Crippen molar-refractivity contribution in [2.24, 2.45) is 0 Å². The first-order valence-electron chi connectivity index (χ1n) is 6.70. The van der Waals surface area contributed by atoms with E-state index >= 15 is 0 Å². The first-order valence-corrected chi connectivity index (χ1v) is 6.70. The van der Waals surface area contributed by atoms with Crippen LogP contribution < -0.4 is 10.1 Å². The number of nitro groups is 1. The van der Waals surface area contributed by atoms with Crippen molar-refractivity contribution in [2.45, 2.75) is 39.0 Å². The van der Waals surface area contributed by atoms with E-state index < -0.39 is 4.92 Å². The molecule has 0 fully saturated rings. The molecule has 0 aromatic heterocycles. The van der Waals surface area contributed by atoms with Crippen LogP contribution in [0.2, 0.25) is 0 Å². The Labute approximate surface area is 118 Å². The highest BCUT2D eigenvalue weighted by atomic mass is 16.6. The first kappa shape index (κ1) is 15.9. The van der Waals surface area contributed by atoms with Gasteiger partial charge in [0, 0.05) is 6.42 Å². The molecule has 1 rings (SSSR count). The fourth-order valence-corrected chi connectivity index (χ4v) is 1.82. The molecular weight excluding hydrogens is 260 g/mol. The number of nitrogens with zero attached hydrogens (tertiary/aromatic N) is 1. The van der Waals surface area contributed by atoms with Gasteiger partial charge in [-0.15, -0.1) is 0 Å². The fraction of sp³-hybridized carbons (Fsp3) is 0.500. The van der Waals surface area contributed by atoms with Crippen molar-refractivity contribution >= 4 is 17.3 Å². The van der Waals surface area contributed by atoms with Crippen LogP contribution in [0, 0.1) is 10.1 Å². The minimum absolute atomic E-state index is 0.161. The lowest BCUT2D eigenvalue weighted by Gasteiger charge is -2.07. The number of unbranched alkanes of at least 4 members (excludes halogenated alkanes) is 3. The molecule has 0 saturated carbocycles. The zero-order chi connectivity index (χ0) is 15.0. The van der Waals surface area contributed by atoms with Crippen LogP contribution in [0.25, 0.3) is 0 Å². The Morgan fingerprint density at radius 3 is 2.70 bits per heavy atom. The fourth-order valence-electron chi connectivity index (χ4n) is 1.82. The summed E-state index contributed by atoms with van der Waals surface area (Å²) in [7, 11) is 1.44.